The number of esters is 1. The van der Waals surface area contributed by atoms with Gasteiger partial charge in [0.1, 0.15) is 6.54 Å². The summed E-state index contributed by atoms with van der Waals surface area (Å²) in [6.45, 7) is 10.0. The summed E-state index contributed by atoms with van der Waals surface area (Å²) < 4.78 is 4.38. The Labute approximate surface area is 111 Å². The quantitative estimate of drug-likeness (QED) is 0.433. The predicted octanol–water partition coefficient (Wildman–Crippen LogP) is 2.68. The van der Waals surface area contributed by atoms with Crippen LogP contribution < -0.4 is 5.32 Å². The van der Waals surface area contributed by atoms with Crippen molar-refractivity contribution in [2.75, 3.05) is 13.7 Å². The molecule has 0 aromatic rings. The van der Waals surface area contributed by atoms with Gasteiger partial charge in [0.15, 0.2) is 0 Å². The average Bonchev–Trinajstić information content (AvgIpc) is 2.31. The van der Waals surface area contributed by atoms with Gasteiger partial charge in [0, 0.05) is 6.42 Å². The van der Waals surface area contributed by atoms with Crippen molar-refractivity contribution in [3.05, 3.63) is 12.7 Å². The number of unbranched alkanes of at least 4 members (excludes halogenated alkanes) is 2. The van der Waals surface area contributed by atoms with E-state index in [0.717, 1.165) is 25.2 Å². The fraction of sp³-hybridized carbons (Fsp3) is 0.714. The molecule has 0 atom stereocenters. The van der Waals surface area contributed by atoms with Crippen LogP contribution in [0.3, 0.4) is 0 Å². The van der Waals surface area contributed by atoms with Crippen LogP contribution in [-0.4, -0.2) is 25.5 Å². The molecule has 0 aliphatic heterocycles. The van der Waals surface area contributed by atoms with Gasteiger partial charge < -0.3 is 10.1 Å². The van der Waals surface area contributed by atoms with Crippen molar-refractivity contribution < 1.29 is 14.3 Å². The van der Waals surface area contributed by atoms with Gasteiger partial charge >= 0.3 is 5.97 Å². The van der Waals surface area contributed by atoms with Gasteiger partial charge in [0.05, 0.1) is 7.11 Å². The minimum absolute atomic E-state index is 0.0448. The summed E-state index contributed by atoms with van der Waals surface area (Å²) in [4.78, 5) is 21.7. The number of hydrogen-bond donors (Lipinski definition) is 1. The Balaban J connectivity index is 0. The smallest absolute Gasteiger partial charge is 0.325 e. The van der Waals surface area contributed by atoms with E-state index in [0.29, 0.717) is 6.42 Å². The molecule has 4 heteroatoms. The maximum atomic E-state index is 11.1. The Morgan fingerprint density at radius 3 is 2.28 bits per heavy atom. The van der Waals surface area contributed by atoms with Gasteiger partial charge in [-0.15, -0.1) is 6.58 Å². The number of allylic oxidation sites excluding steroid dienone is 1. The van der Waals surface area contributed by atoms with Gasteiger partial charge in [-0.05, 0) is 25.2 Å². The van der Waals surface area contributed by atoms with Crippen molar-refractivity contribution in [3.8, 4) is 0 Å². The Morgan fingerprint density at radius 1 is 1.28 bits per heavy atom. The molecule has 0 fully saturated rings. The number of carbonyl (C=O) groups is 2. The van der Waals surface area contributed by atoms with Crippen molar-refractivity contribution in [2.45, 2.75) is 46.5 Å². The summed E-state index contributed by atoms with van der Waals surface area (Å²) in [5.41, 5.74) is 0. The van der Waals surface area contributed by atoms with Crippen LogP contribution in [0.4, 0.5) is 0 Å². The molecule has 106 valence electrons. The maximum absolute atomic E-state index is 11.1. The molecule has 1 N–H and O–H groups in total. The molecular formula is C14H27NO3. The first-order valence-corrected chi connectivity index (χ1v) is 6.38. The SMILES string of the molecule is C=CCCCCC(=O)NCC(=O)OC.CC(C)C. The molecule has 0 bridgehead atoms. The Kier molecular flexibility index (Phi) is 14.5. The fourth-order valence-corrected chi connectivity index (χ4v) is 0.906. The van der Waals surface area contributed by atoms with Gasteiger partial charge in [-0.2, -0.15) is 0 Å². The first-order chi connectivity index (χ1) is 8.43. The van der Waals surface area contributed by atoms with E-state index in [1.165, 1.54) is 7.11 Å². The van der Waals surface area contributed by atoms with E-state index in [-0.39, 0.29) is 12.5 Å². The van der Waals surface area contributed by atoms with Crippen molar-refractivity contribution in [3.63, 3.8) is 0 Å². The molecule has 0 radical (unpaired) electrons. The number of nitrogens with one attached hydrogen (secondary N) is 1. The summed E-state index contributed by atoms with van der Waals surface area (Å²) in [6, 6.07) is 0. The second-order valence-electron chi connectivity index (χ2n) is 4.62. The highest BCUT2D eigenvalue weighted by Crippen LogP contribution is 1.99. The van der Waals surface area contributed by atoms with Crippen LogP contribution in [0.25, 0.3) is 0 Å². The molecule has 0 spiro atoms. The van der Waals surface area contributed by atoms with Crippen molar-refractivity contribution in [1.82, 2.24) is 5.32 Å². The van der Waals surface area contributed by atoms with Crippen molar-refractivity contribution in [1.29, 1.82) is 0 Å². The predicted molar refractivity (Wildman–Crippen MR) is 74.2 cm³/mol. The van der Waals surface area contributed by atoms with Gasteiger partial charge in [-0.3, -0.25) is 9.59 Å². The Morgan fingerprint density at radius 2 is 1.83 bits per heavy atom. The molecule has 0 heterocycles. The van der Waals surface area contributed by atoms with E-state index >= 15 is 0 Å². The maximum Gasteiger partial charge on any atom is 0.325 e. The van der Waals surface area contributed by atoms with Gasteiger partial charge in [0.2, 0.25) is 5.91 Å². The summed E-state index contributed by atoms with van der Waals surface area (Å²) in [6.07, 6.45) is 4.97. The monoisotopic (exact) mass is 257 g/mol. The number of methoxy groups -OCH3 is 1. The lowest BCUT2D eigenvalue weighted by atomic mass is 10.2. The van der Waals surface area contributed by atoms with E-state index in [1.54, 1.807) is 0 Å². The molecule has 0 aliphatic rings. The highest BCUT2D eigenvalue weighted by molar-refractivity contribution is 5.81. The highest BCUT2D eigenvalue weighted by Gasteiger charge is 2.03. The molecule has 18 heavy (non-hydrogen) atoms. The van der Waals surface area contributed by atoms with E-state index in [1.807, 2.05) is 6.08 Å². The van der Waals surface area contributed by atoms with Crippen LogP contribution in [0.2, 0.25) is 0 Å². The third kappa shape index (κ3) is 20.1. The first kappa shape index (κ1) is 19.0. The van der Waals surface area contributed by atoms with E-state index in [4.69, 9.17) is 0 Å². The standard InChI is InChI=1S/C10H17NO3.C4H10/c1-3-4-5-6-7-9(12)11-8-10(13)14-2;1-4(2)3/h3H,1,4-8H2,2H3,(H,11,12);4H,1-3H3. The number of ether oxygens (including phenoxy) is 1. The largest absolute Gasteiger partial charge is 0.468 e. The second-order valence-corrected chi connectivity index (χ2v) is 4.62. The molecule has 0 aromatic carbocycles. The van der Waals surface area contributed by atoms with E-state index in [9.17, 15) is 9.59 Å². The summed E-state index contributed by atoms with van der Waals surface area (Å²) >= 11 is 0. The number of carbonyl (C=O) groups excluding carboxylic acids is 2. The lowest BCUT2D eigenvalue weighted by molar-refractivity contribution is -0.141. The zero-order valence-corrected chi connectivity index (χ0v) is 12.1. The number of hydrogen-bond acceptors (Lipinski definition) is 3. The van der Waals surface area contributed by atoms with Crippen LogP contribution in [0, 0.1) is 5.92 Å². The zero-order valence-electron chi connectivity index (χ0n) is 12.1. The second kappa shape index (κ2) is 13.7. The summed E-state index contributed by atoms with van der Waals surface area (Å²) in [5, 5.41) is 2.47. The summed E-state index contributed by atoms with van der Waals surface area (Å²) in [7, 11) is 1.29. The minimum atomic E-state index is -0.426. The van der Waals surface area contributed by atoms with Gasteiger partial charge in [-0.1, -0.05) is 26.8 Å². The topological polar surface area (TPSA) is 55.4 Å². The fourth-order valence-electron chi connectivity index (χ4n) is 0.906. The lowest BCUT2D eigenvalue weighted by Gasteiger charge is -2.02. The molecule has 0 aliphatic carbocycles. The lowest BCUT2D eigenvalue weighted by Crippen LogP contribution is -2.29. The van der Waals surface area contributed by atoms with Crippen LogP contribution in [0.15, 0.2) is 12.7 Å². The molecule has 0 aromatic heterocycles. The van der Waals surface area contributed by atoms with Crippen molar-refractivity contribution in [2.24, 2.45) is 5.92 Å². The first-order valence-electron chi connectivity index (χ1n) is 6.38. The van der Waals surface area contributed by atoms with Crippen molar-refractivity contribution >= 4 is 11.9 Å². The number of amides is 1. The third-order valence-corrected chi connectivity index (χ3v) is 1.72. The van der Waals surface area contributed by atoms with Gasteiger partial charge in [0.25, 0.3) is 0 Å². The minimum Gasteiger partial charge on any atom is -0.468 e. The normalized spacial score (nSPS) is 9.17. The van der Waals surface area contributed by atoms with E-state index < -0.39 is 5.97 Å². The number of rotatable bonds is 7. The molecule has 0 rings (SSSR count). The van der Waals surface area contributed by atoms with Gasteiger partial charge in [-0.25, -0.2) is 0 Å². The van der Waals surface area contributed by atoms with Crippen LogP contribution in [0.1, 0.15) is 46.5 Å². The van der Waals surface area contributed by atoms with Crippen LogP contribution in [-0.2, 0) is 14.3 Å². The Bertz CT molecular complexity index is 234. The van der Waals surface area contributed by atoms with Crippen LogP contribution >= 0.6 is 0 Å². The molecule has 0 unspecified atom stereocenters. The van der Waals surface area contributed by atoms with Crippen LogP contribution in [0.5, 0.6) is 0 Å². The molecule has 4 nitrogen and oxygen atoms in total. The molecular weight excluding hydrogens is 230 g/mol. The van der Waals surface area contributed by atoms with E-state index in [2.05, 4.69) is 37.4 Å². The average molecular weight is 257 g/mol. The molecule has 1 amide bonds. The molecule has 0 saturated carbocycles. The Hall–Kier alpha value is -1.32. The highest BCUT2D eigenvalue weighted by atomic mass is 16.5. The zero-order chi connectivity index (χ0) is 14.4. The summed E-state index contributed by atoms with van der Waals surface area (Å²) in [5.74, 6) is 0.295. The molecule has 0 saturated heterocycles. The third-order valence-electron chi connectivity index (χ3n) is 1.72.